The van der Waals surface area contributed by atoms with Crippen molar-refractivity contribution in [2.24, 2.45) is 11.3 Å². The molecule has 1 rings (SSSR count). The Morgan fingerprint density at radius 3 is 2.41 bits per heavy atom. The Morgan fingerprint density at radius 1 is 1.21 bits per heavy atom. The van der Waals surface area contributed by atoms with Gasteiger partial charge in [-0.05, 0) is 37.7 Å². The molecule has 29 heavy (non-hydrogen) atoms. The second-order valence-electron chi connectivity index (χ2n) is 7.72. The number of alkyl halides is 1. The molecule has 1 aliphatic rings. The summed E-state index contributed by atoms with van der Waals surface area (Å²) >= 11 is 0. The highest BCUT2D eigenvalue weighted by Crippen LogP contribution is 2.48. The number of aliphatic hydroxyl groups is 2. The molecule has 0 radical (unpaired) electrons. The summed E-state index contributed by atoms with van der Waals surface area (Å²) in [5, 5.41) is 31.7. The van der Waals surface area contributed by atoms with Gasteiger partial charge in [-0.3, -0.25) is 9.59 Å². The van der Waals surface area contributed by atoms with Crippen LogP contribution in [0.4, 0.5) is 4.39 Å². The molecule has 0 aromatic carbocycles. The van der Waals surface area contributed by atoms with Crippen molar-refractivity contribution in [3.63, 3.8) is 0 Å². The minimum Gasteiger partial charge on any atom is -0.511 e. The standard InChI is InChI=1S/C22H35FO6/c1-3-4-11-17(23)14-15-19(25)22(21(27)28,16-9-5-6-10-16)18(24)12-7-8-13-20(26)29-2/h7-8,15-18,24-25H,3-6,9-14H2,1-2H3,(H,27,28)/b8-7-,19-15+/t17?,18-,22+/m1/s1. The average Bonchev–Trinajstić information content (AvgIpc) is 3.22. The van der Waals surface area contributed by atoms with Crippen LogP contribution in [0, 0.1) is 11.3 Å². The largest absolute Gasteiger partial charge is 0.511 e. The third-order valence-electron chi connectivity index (χ3n) is 5.78. The lowest BCUT2D eigenvalue weighted by Gasteiger charge is -2.38. The van der Waals surface area contributed by atoms with Crippen molar-refractivity contribution >= 4 is 11.9 Å². The van der Waals surface area contributed by atoms with Crippen LogP contribution >= 0.6 is 0 Å². The van der Waals surface area contributed by atoms with Gasteiger partial charge in [-0.2, -0.15) is 0 Å². The third kappa shape index (κ3) is 6.84. The number of halogens is 1. The monoisotopic (exact) mass is 414 g/mol. The van der Waals surface area contributed by atoms with Crippen LogP contribution in [-0.2, 0) is 14.3 Å². The van der Waals surface area contributed by atoms with Crippen molar-refractivity contribution in [1.29, 1.82) is 0 Å². The summed E-state index contributed by atoms with van der Waals surface area (Å²) in [6, 6.07) is 0. The first-order chi connectivity index (χ1) is 13.8. The number of aliphatic carboxylic acids is 1. The Hall–Kier alpha value is -1.89. The number of unbranched alkanes of at least 4 members (excludes halogenated alkanes) is 1. The molecular weight excluding hydrogens is 379 g/mol. The van der Waals surface area contributed by atoms with E-state index in [1.54, 1.807) is 0 Å². The SMILES string of the molecule is CCCCC(F)C/C=C(/O)[C@](C(=O)O)(C1CCCC1)[C@H](O)C/C=C\CC(=O)OC. The van der Waals surface area contributed by atoms with Gasteiger partial charge in [0, 0.05) is 6.42 Å². The van der Waals surface area contributed by atoms with E-state index in [0.717, 1.165) is 25.7 Å². The normalized spacial score (nSPS) is 19.8. The van der Waals surface area contributed by atoms with Gasteiger partial charge in [0.15, 0.2) is 5.41 Å². The van der Waals surface area contributed by atoms with Crippen LogP contribution in [0.15, 0.2) is 24.0 Å². The number of hydrogen-bond donors (Lipinski definition) is 3. The topological polar surface area (TPSA) is 104 Å². The molecule has 1 aliphatic carbocycles. The molecule has 1 fully saturated rings. The molecule has 166 valence electrons. The summed E-state index contributed by atoms with van der Waals surface area (Å²) in [4.78, 5) is 23.5. The second-order valence-corrected chi connectivity index (χ2v) is 7.72. The van der Waals surface area contributed by atoms with E-state index in [9.17, 15) is 29.3 Å². The number of carboxylic acid groups (broad SMARTS) is 1. The van der Waals surface area contributed by atoms with E-state index in [-0.39, 0.29) is 19.3 Å². The van der Waals surface area contributed by atoms with E-state index >= 15 is 0 Å². The zero-order valence-corrected chi connectivity index (χ0v) is 17.5. The molecule has 3 N–H and O–H groups in total. The molecule has 0 spiro atoms. The minimum absolute atomic E-state index is 0.00943. The van der Waals surface area contributed by atoms with Gasteiger partial charge < -0.3 is 20.1 Å². The number of carbonyl (C=O) groups is 2. The average molecular weight is 415 g/mol. The predicted octanol–water partition coefficient (Wildman–Crippen LogP) is 4.48. The Morgan fingerprint density at radius 2 is 1.86 bits per heavy atom. The van der Waals surface area contributed by atoms with E-state index in [0.29, 0.717) is 19.3 Å². The van der Waals surface area contributed by atoms with E-state index in [1.165, 1.54) is 25.3 Å². The highest BCUT2D eigenvalue weighted by Gasteiger charge is 2.55. The number of hydrogen-bond acceptors (Lipinski definition) is 5. The fourth-order valence-corrected chi connectivity index (χ4v) is 4.09. The Kier molecular flexibility index (Phi) is 10.9. The maximum atomic E-state index is 14.1. The molecule has 7 heteroatoms. The van der Waals surface area contributed by atoms with E-state index in [1.807, 2.05) is 6.92 Å². The van der Waals surface area contributed by atoms with Crippen molar-refractivity contribution in [3.8, 4) is 0 Å². The van der Waals surface area contributed by atoms with Crippen LogP contribution in [0.2, 0.25) is 0 Å². The van der Waals surface area contributed by atoms with Crippen molar-refractivity contribution < 1.29 is 34.0 Å². The molecule has 1 unspecified atom stereocenters. The van der Waals surface area contributed by atoms with Crippen molar-refractivity contribution in [2.45, 2.75) is 83.4 Å². The Balaban J connectivity index is 3.07. The van der Waals surface area contributed by atoms with Gasteiger partial charge in [-0.1, -0.05) is 44.8 Å². The number of carbonyl (C=O) groups excluding carboxylic acids is 1. The fourth-order valence-electron chi connectivity index (χ4n) is 4.09. The number of carboxylic acids is 1. The number of allylic oxidation sites excluding steroid dienone is 1. The highest BCUT2D eigenvalue weighted by atomic mass is 19.1. The predicted molar refractivity (Wildman–Crippen MR) is 108 cm³/mol. The minimum atomic E-state index is -1.88. The van der Waals surface area contributed by atoms with Crippen molar-refractivity contribution in [1.82, 2.24) is 0 Å². The lowest BCUT2D eigenvalue weighted by atomic mass is 9.67. The summed E-state index contributed by atoms with van der Waals surface area (Å²) < 4.78 is 18.6. The first kappa shape index (κ1) is 25.1. The molecule has 0 bridgehead atoms. The van der Waals surface area contributed by atoms with E-state index in [2.05, 4.69) is 4.74 Å². The van der Waals surface area contributed by atoms with Gasteiger partial charge in [0.05, 0.1) is 19.6 Å². The lowest BCUT2D eigenvalue weighted by Crippen LogP contribution is -2.49. The first-order valence-electron chi connectivity index (χ1n) is 10.5. The number of ether oxygens (including phenoxy) is 1. The molecule has 6 nitrogen and oxygen atoms in total. The molecule has 1 saturated carbocycles. The van der Waals surface area contributed by atoms with Gasteiger partial charge in [-0.25, -0.2) is 4.39 Å². The van der Waals surface area contributed by atoms with E-state index < -0.39 is 41.3 Å². The van der Waals surface area contributed by atoms with Crippen LogP contribution in [0.5, 0.6) is 0 Å². The summed E-state index contributed by atoms with van der Waals surface area (Å²) in [6.07, 6.45) is 6.26. The lowest BCUT2D eigenvalue weighted by molar-refractivity contribution is -0.161. The molecule has 3 atom stereocenters. The van der Waals surface area contributed by atoms with Gasteiger partial charge >= 0.3 is 11.9 Å². The molecule has 0 amide bonds. The van der Waals surface area contributed by atoms with Gasteiger partial charge in [0.2, 0.25) is 0 Å². The van der Waals surface area contributed by atoms with Crippen LogP contribution < -0.4 is 0 Å². The molecular formula is C22H35FO6. The Bertz CT molecular complexity index is 582. The summed E-state index contributed by atoms with van der Waals surface area (Å²) in [5.41, 5.74) is -1.88. The summed E-state index contributed by atoms with van der Waals surface area (Å²) in [6.45, 7) is 1.96. The van der Waals surface area contributed by atoms with Crippen molar-refractivity contribution in [2.75, 3.05) is 7.11 Å². The van der Waals surface area contributed by atoms with Gasteiger partial charge in [-0.15, -0.1) is 0 Å². The number of rotatable bonds is 13. The summed E-state index contributed by atoms with van der Waals surface area (Å²) in [5.74, 6) is -2.66. The van der Waals surface area contributed by atoms with Crippen LogP contribution in [0.25, 0.3) is 0 Å². The second kappa shape index (κ2) is 12.6. The number of methoxy groups -OCH3 is 1. The van der Waals surface area contributed by atoms with Crippen LogP contribution in [0.3, 0.4) is 0 Å². The fraction of sp³-hybridized carbons (Fsp3) is 0.727. The zero-order chi connectivity index (χ0) is 21.9. The van der Waals surface area contributed by atoms with Gasteiger partial charge in [0.25, 0.3) is 0 Å². The summed E-state index contributed by atoms with van der Waals surface area (Å²) in [7, 11) is 1.27. The molecule has 0 aromatic heterocycles. The quantitative estimate of drug-likeness (QED) is 0.233. The maximum Gasteiger partial charge on any atom is 0.320 e. The van der Waals surface area contributed by atoms with Crippen molar-refractivity contribution in [3.05, 3.63) is 24.0 Å². The highest BCUT2D eigenvalue weighted by molar-refractivity contribution is 5.79. The molecule has 0 saturated heterocycles. The molecule has 0 heterocycles. The maximum absolute atomic E-state index is 14.1. The first-order valence-corrected chi connectivity index (χ1v) is 10.5. The number of esters is 1. The Labute approximate surface area is 172 Å². The third-order valence-corrected chi connectivity index (χ3v) is 5.78. The smallest absolute Gasteiger partial charge is 0.320 e. The van der Waals surface area contributed by atoms with Gasteiger partial charge in [0.1, 0.15) is 11.9 Å². The molecule has 0 aromatic rings. The van der Waals surface area contributed by atoms with E-state index in [4.69, 9.17) is 0 Å². The van der Waals surface area contributed by atoms with Crippen LogP contribution in [0.1, 0.15) is 71.1 Å². The molecule has 0 aliphatic heterocycles. The zero-order valence-electron chi connectivity index (χ0n) is 17.5. The van der Waals surface area contributed by atoms with Crippen LogP contribution in [-0.4, -0.2) is 46.6 Å². The number of aliphatic hydroxyl groups excluding tert-OH is 2.